The Morgan fingerprint density at radius 2 is 2.12 bits per heavy atom. The molecule has 4 rings (SSSR count). The number of carbonyl (C=O) groups excluding carboxylic acids is 1. The molecule has 3 N–H and O–H groups in total. The number of nitrogens with zero attached hydrogens (tertiary/aromatic N) is 7. The van der Waals surface area contributed by atoms with Crippen molar-refractivity contribution in [1.82, 2.24) is 35.2 Å². The molecule has 1 aliphatic heterocycles. The number of carbonyl (C=O) groups is 1. The molecule has 1 unspecified atom stereocenters. The number of nitrogens with two attached hydrogens (primary N) is 1. The zero-order valence-corrected chi connectivity index (χ0v) is 19.2. The van der Waals surface area contributed by atoms with E-state index in [1.807, 2.05) is 31.2 Å². The largest absolute Gasteiger partial charge is 0.339 e. The minimum atomic E-state index is -0.329. The lowest BCUT2D eigenvalue weighted by atomic mass is 10.1. The maximum atomic E-state index is 13.5. The molecule has 0 spiro atoms. The molecule has 1 saturated heterocycles. The number of aromatic nitrogens is 5. The van der Waals surface area contributed by atoms with Crippen molar-refractivity contribution in [3.8, 4) is 11.8 Å². The molecule has 1 aliphatic rings. The van der Waals surface area contributed by atoms with Gasteiger partial charge in [0.1, 0.15) is 5.82 Å². The second-order valence-corrected chi connectivity index (χ2v) is 8.04. The molecular formula is C23H29N9O. The number of aryl methyl sites for hydroxylation is 1. The van der Waals surface area contributed by atoms with Crippen LogP contribution in [-0.4, -0.2) is 61.8 Å². The van der Waals surface area contributed by atoms with E-state index < -0.39 is 0 Å². The van der Waals surface area contributed by atoms with Crippen LogP contribution < -0.4 is 16.1 Å². The maximum absolute atomic E-state index is 13.5. The molecule has 1 amide bonds. The molecule has 33 heavy (non-hydrogen) atoms. The van der Waals surface area contributed by atoms with Crippen LogP contribution in [0.4, 0.5) is 5.95 Å². The summed E-state index contributed by atoms with van der Waals surface area (Å²) < 4.78 is 1.76. The van der Waals surface area contributed by atoms with Gasteiger partial charge in [-0.05, 0) is 32.8 Å². The third-order valence-corrected chi connectivity index (χ3v) is 5.73. The van der Waals surface area contributed by atoms with E-state index >= 15 is 0 Å². The van der Waals surface area contributed by atoms with Crippen LogP contribution in [-0.2, 0) is 13.1 Å². The second kappa shape index (κ2) is 9.94. The third kappa shape index (κ3) is 4.79. The highest BCUT2D eigenvalue weighted by Crippen LogP contribution is 2.20. The van der Waals surface area contributed by atoms with Crippen LogP contribution >= 0.6 is 0 Å². The van der Waals surface area contributed by atoms with Gasteiger partial charge >= 0.3 is 5.91 Å². The van der Waals surface area contributed by atoms with Gasteiger partial charge in [-0.25, -0.2) is 15.4 Å². The van der Waals surface area contributed by atoms with Gasteiger partial charge in [0.05, 0.1) is 18.6 Å². The van der Waals surface area contributed by atoms with Gasteiger partial charge in [0.25, 0.3) is 0 Å². The number of benzene rings is 1. The van der Waals surface area contributed by atoms with Crippen molar-refractivity contribution in [3.63, 3.8) is 0 Å². The maximum Gasteiger partial charge on any atom is 0.306 e. The van der Waals surface area contributed by atoms with Crippen LogP contribution in [0.25, 0.3) is 10.9 Å². The highest BCUT2D eigenvalue weighted by atomic mass is 16.2. The SMILES string of the molecule is CC#CCn1c(C(=O)N(Cc2nc(C)c3ccccc3n2)NC)nnc1N1CCCC(N)C1. The van der Waals surface area contributed by atoms with Crippen molar-refractivity contribution in [2.45, 2.75) is 45.8 Å². The first-order valence-electron chi connectivity index (χ1n) is 11.1. The van der Waals surface area contributed by atoms with Gasteiger partial charge < -0.3 is 10.6 Å². The number of anilines is 1. The summed E-state index contributed by atoms with van der Waals surface area (Å²) in [6.07, 6.45) is 1.95. The van der Waals surface area contributed by atoms with Gasteiger partial charge in [0.2, 0.25) is 11.8 Å². The minimum Gasteiger partial charge on any atom is -0.339 e. The van der Waals surface area contributed by atoms with Crippen LogP contribution in [0.5, 0.6) is 0 Å². The zero-order valence-electron chi connectivity index (χ0n) is 19.2. The van der Waals surface area contributed by atoms with Crippen LogP contribution in [0, 0.1) is 18.8 Å². The van der Waals surface area contributed by atoms with E-state index in [0.717, 1.165) is 36.0 Å². The fourth-order valence-corrected chi connectivity index (χ4v) is 4.06. The molecule has 1 atom stereocenters. The Bertz CT molecular complexity index is 1210. The van der Waals surface area contributed by atoms with Crippen LogP contribution in [0.2, 0.25) is 0 Å². The van der Waals surface area contributed by atoms with Crippen LogP contribution in [0.1, 0.15) is 41.9 Å². The number of amides is 1. The van der Waals surface area contributed by atoms with Crippen molar-refractivity contribution in [2.75, 3.05) is 25.0 Å². The molecule has 0 bridgehead atoms. The van der Waals surface area contributed by atoms with Crippen molar-refractivity contribution < 1.29 is 4.79 Å². The predicted molar refractivity (Wildman–Crippen MR) is 126 cm³/mol. The topological polar surface area (TPSA) is 118 Å². The van der Waals surface area contributed by atoms with Crippen molar-refractivity contribution in [3.05, 3.63) is 41.6 Å². The molecular weight excluding hydrogens is 418 g/mol. The Labute approximate surface area is 193 Å². The molecule has 172 valence electrons. The molecule has 0 aliphatic carbocycles. The van der Waals surface area contributed by atoms with Gasteiger partial charge in [-0.3, -0.25) is 14.4 Å². The minimum absolute atomic E-state index is 0.0717. The molecule has 2 aromatic heterocycles. The smallest absolute Gasteiger partial charge is 0.306 e. The first-order valence-corrected chi connectivity index (χ1v) is 11.1. The van der Waals surface area contributed by atoms with E-state index in [2.05, 4.69) is 42.3 Å². The first-order chi connectivity index (χ1) is 16.0. The molecule has 1 aromatic carbocycles. The Kier molecular flexibility index (Phi) is 6.82. The van der Waals surface area contributed by atoms with Crippen molar-refractivity contribution >= 4 is 22.8 Å². The van der Waals surface area contributed by atoms with E-state index in [1.165, 1.54) is 5.01 Å². The quantitative estimate of drug-likeness (QED) is 0.428. The molecule has 0 saturated carbocycles. The summed E-state index contributed by atoms with van der Waals surface area (Å²) in [7, 11) is 1.68. The summed E-state index contributed by atoms with van der Waals surface area (Å²) in [6.45, 7) is 5.69. The molecule has 3 aromatic rings. The predicted octanol–water partition coefficient (Wildman–Crippen LogP) is 1.26. The number of hydrogen-bond donors (Lipinski definition) is 2. The summed E-state index contributed by atoms with van der Waals surface area (Å²) in [5.41, 5.74) is 10.8. The lowest BCUT2D eigenvalue weighted by Crippen LogP contribution is -2.44. The Morgan fingerprint density at radius 3 is 2.88 bits per heavy atom. The van der Waals surface area contributed by atoms with E-state index in [9.17, 15) is 4.79 Å². The summed E-state index contributed by atoms with van der Waals surface area (Å²) in [5, 5.41) is 11.0. The number of para-hydroxylation sites is 1. The number of hydrogen-bond acceptors (Lipinski definition) is 8. The fraction of sp³-hybridized carbons (Fsp3) is 0.435. The lowest BCUT2D eigenvalue weighted by Gasteiger charge is -2.31. The third-order valence-electron chi connectivity index (χ3n) is 5.73. The number of fused-ring (bicyclic) bond motifs is 1. The molecule has 3 heterocycles. The number of hydrazine groups is 1. The number of rotatable bonds is 6. The highest BCUT2D eigenvalue weighted by molar-refractivity contribution is 5.91. The number of piperidine rings is 1. The van der Waals surface area contributed by atoms with E-state index in [1.54, 1.807) is 18.5 Å². The van der Waals surface area contributed by atoms with Gasteiger partial charge in [0.15, 0.2) is 0 Å². The average Bonchev–Trinajstić information content (AvgIpc) is 3.24. The van der Waals surface area contributed by atoms with Gasteiger partial charge in [-0.2, -0.15) is 0 Å². The van der Waals surface area contributed by atoms with Crippen LogP contribution in [0.3, 0.4) is 0 Å². The van der Waals surface area contributed by atoms with E-state index in [0.29, 0.717) is 24.9 Å². The average molecular weight is 448 g/mol. The standard InChI is InChI=1S/C23H29N9O/c1-4-5-13-31-21(28-29-23(31)30-12-8-9-17(24)14-30)22(33)32(25-3)15-20-26-16(2)18-10-6-7-11-19(18)27-20/h6-7,10-11,17,25H,8-9,12-15,24H2,1-3H3. The summed E-state index contributed by atoms with van der Waals surface area (Å²) >= 11 is 0. The summed E-state index contributed by atoms with van der Waals surface area (Å²) in [4.78, 5) is 24.8. The molecule has 10 heteroatoms. The lowest BCUT2D eigenvalue weighted by molar-refractivity contribution is 0.0640. The van der Waals surface area contributed by atoms with E-state index in [4.69, 9.17) is 5.73 Å². The Balaban J connectivity index is 1.63. The summed E-state index contributed by atoms with van der Waals surface area (Å²) in [5.74, 6) is 6.95. The number of nitrogens with one attached hydrogen (secondary N) is 1. The van der Waals surface area contributed by atoms with Gasteiger partial charge in [-0.15, -0.1) is 16.1 Å². The second-order valence-electron chi connectivity index (χ2n) is 8.04. The summed E-state index contributed by atoms with van der Waals surface area (Å²) in [6, 6.07) is 7.89. The molecule has 0 radical (unpaired) electrons. The Morgan fingerprint density at radius 1 is 1.30 bits per heavy atom. The van der Waals surface area contributed by atoms with Crippen molar-refractivity contribution in [2.24, 2.45) is 5.73 Å². The highest BCUT2D eigenvalue weighted by Gasteiger charge is 2.28. The first kappa shape index (κ1) is 22.6. The molecule has 10 nitrogen and oxygen atoms in total. The Hall–Kier alpha value is -3.55. The zero-order chi connectivity index (χ0) is 23.4. The fourth-order valence-electron chi connectivity index (χ4n) is 4.06. The van der Waals surface area contributed by atoms with E-state index in [-0.39, 0.29) is 24.3 Å². The molecule has 1 fully saturated rings. The van der Waals surface area contributed by atoms with Gasteiger partial charge in [-0.1, -0.05) is 24.1 Å². The van der Waals surface area contributed by atoms with Crippen LogP contribution in [0.15, 0.2) is 24.3 Å². The normalized spacial score (nSPS) is 15.9. The van der Waals surface area contributed by atoms with Gasteiger partial charge in [0, 0.05) is 37.3 Å². The monoisotopic (exact) mass is 447 g/mol. The van der Waals surface area contributed by atoms with Crippen molar-refractivity contribution in [1.29, 1.82) is 0 Å².